The Kier molecular flexibility index (Phi) is 7.99. The molecule has 3 rings (SSSR count). The number of aryl methyl sites for hydroxylation is 2. The number of halogens is 2. The van der Waals surface area contributed by atoms with Gasteiger partial charge in [-0.05, 0) is 32.9 Å². The van der Waals surface area contributed by atoms with Crippen LogP contribution >= 0.6 is 24.8 Å². The molecule has 3 heterocycles. The summed E-state index contributed by atoms with van der Waals surface area (Å²) < 4.78 is 5.23. The van der Waals surface area contributed by atoms with Crippen molar-refractivity contribution in [2.45, 2.75) is 27.3 Å². The van der Waals surface area contributed by atoms with Crippen molar-refractivity contribution < 1.29 is 9.32 Å². The molecule has 24 heavy (non-hydrogen) atoms. The zero-order chi connectivity index (χ0) is 15.7. The lowest BCUT2D eigenvalue weighted by molar-refractivity contribution is -0.139. The van der Waals surface area contributed by atoms with Gasteiger partial charge in [0.25, 0.3) is 0 Å². The third-order valence-corrected chi connectivity index (χ3v) is 5.16. The van der Waals surface area contributed by atoms with Crippen LogP contribution < -0.4 is 5.32 Å². The standard InChI is InChI=1S/C16H26N4O2.2ClH/c1-11(14-8-17-9-14)16(21)20-6-4-19(5-7-20)10-15-12(2)18-22-13(15)3;;/h11,14,17H,4-10H2,1-3H3;2*1H. The lowest BCUT2D eigenvalue weighted by Crippen LogP contribution is -2.54. The fraction of sp³-hybridized carbons (Fsp3) is 0.750. The first-order chi connectivity index (χ1) is 10.6. The predicted molar refractivity (Wildman–Crippen MR) is 97.9 cm³/mol. The molecule has 138 valence electrons. The van der Waals surface area contributed by atoms with Crippen molar-refractivity contribution in [1.82, 2.24) is 20.3 Å². The van der Waals surface area contributed by atoms with E-state index in [-0.39, 0.29) is 30.7 Å². The molecule has 2 aliphatic rings. The third kappa shape index (κ3) is 4.42. The molecule has 1 N–H and O–H groups in total. The molecule has 8 heteroatoms. The van der Waals surface area contributed by atoms with Gasteiger partial charge in [-0.3, -0.25) is 9.69 Å². The van der Waals surface area contributed by atoms with Crippen LogP contribution in [0.5, 0.6) is 0 Å². The van der Waals surface area contributed by atoms with Gasteiger partial charge in [-0.15, -0.1) is 24.8 Å². The summed E-state index contributed by atoms with van der Waals surface area (Å²) in [6, 6.07) is 0. The normalized spacial score (nSPS) is 19.9. The second-order valence-electron chi connectivity index (χ2n) is 6.61. The zero-order valence-corrected chi connectivity index (χ0v) is 16.2. The molecule has 0 radical (unpaired) electrons. The molecule has 6 nitrogen and oxygen atoms in total. The molecule has 0 spiro atoms. The number of rotatable bonds is 4. The highest BCUT2D eigenvalue weighted by molar-refractivity contribution is 5.85. The maximum Gasteiger partial charge on any atom is 0.225 e. The number of amides is 1. The van der Waals surface area contributed by atoms with Crippen LogP contribution in [-0.2, 0) is 11.3 Å². The maximum atomic E-state index is 12.5. The van der Waals surface area contributed by atoms with E-state index in [4.69, 9.17) is 4.52 Å². The quantitative estimate of drug-likeness (QED) is 0.862. The Labute approximate surface area is 156 Å². The molecule has 1 aromatic heterocycles. The number of nitrogens with zero attached hydrogens (tertiary/aromatic N) is 3. The Hall–Kier alpha value is -0.820. The molecule has 0 aliphatic carbocycles. The number of nitrogens with one attached hydrogen (secondary N) is 1. The third-order valence-electron chi connectivity index (χ3n) is 5.16. The molecule has 2 aliphatic heterocycles. The second-order valence-corrected chi connectivity index (χ2v) is 6.61. The molecule has 0 aromatic carbocycles. The van der Waals surface area contributed by atoms with Gasteiger partial charge >= 0.3 is 0 Å². The Morgan fingerprint density at radius 2 is 1.88 bits per heavy atom. The van der Waals surface area contributed by atoms with Crippen molar-refractivity contribution in [1.29, 1.82) is 0 Å². The smallest absolute Gasteiger partial charge is 0.225 e. The fourth-order valence-electron chi connectivity index (χ4n) is 3.23. The molecule has 0 saturated carbocycles. The first-order valence-corrected chi connectivity index (χ1v) is 8.20. The summed E-state index contributed by atoms with van der Waals surface area (Å²) in [7, 11) is 0. The van der Waals surface area contributed by atoms with E-state index in [1.807, 2.05) is 18.7 Å². The van der Waals surface area contributed by atoms with Gasteiger partial charge in [0.15, 0.2) is 0 Å². The van der Waals surface area contributed by atoms with Crippen molar-refractivity contribution in [3.05, 3.63) is 17.0 Å². The number of hydrogen-bond acceptors (Lipinski definition) is 5. The van der Waals surface area contributed by atoms with Crippen LogP contribution in [0.3, 0.4) is 0 Å². The van der Waals surface area contributed by atoms with E-state index in [0.29, 0.717) is 11.8 Å². The molecular formula is C16H28Cl2N4O2. The van der Waals surface area contributed by atoms with E-state index in [2.05, 4.69) is 22.3 Å². The molecule has 2 fully saturated rings. The molecular weight excluding hydrogens is 351 g/mol. The van der Waals surface area contributed by atoms with Crippen molar-refractivity contribution in [2.75, 3.05) is 39.3 Å². The highest BCUT2D eigenvalue weighted by Crippen LogP contribution is 2.20. The van der Waals surface area contributed by atoms with Gasteiger partial charge in [0.2, 0.25) is 5.91 Å². The van der Waals surface area contributed by atoms with E-state index in [1.165, 1.54) is 5.56 Å². The monoisotopic (exact) mass is 378 g/mol. The Bertz CT molecular complexity index is 521. The summed E-state index contributed by atoms with van der Waals surface area (Å²) >= 11 is 0. The number of piperazine rings is 1. The summed E-state index contributed by atoms with van der Waals surface area (Å²) in [6.07, 6.45) is 0. The average molecular weight is 379 g/mol. The van der Waals surface area contributed by atoms with Gasteiger partial charge in [0, 0.05) is 44.2 Å². The lowest BCUT2D eigenvalue weighted by Gasteiger charge is -2.39. The fourth-order valence-corrected chi connectivity index (χ4v) is 3.23. The SMILES string of the molecule is Cc1noc(C)c1CN1CCN(C(=O)C(C)C2CNC2)CC1.Cl.Cl. The van der Waals surface area contributed by atoms with E-state index < -0.39 is 0 Å². The highest BCUT2D eigenvalue weighted by Gasteiger charge is 2.32. The number of carbonyl (C=O) groups excluding carboxylic acids is 1. The van der Waals surface area contributed by atoms with Gasteiger partial charge in [0.1, 0.15) is 5.76 Å². The number of hydrogen-bond donors (Lipinski definition) is 1. The molecule has 1 amide bonds. The molecule has 1 unspecified atom stereocenters. The molecule has 2 saturated heterocycles. The first-order valence-electron chi connectivity index (χ1n) is 8.20. The Morgan fingerprint density at radius 3 is 2.33 bits per heavy atom. The zero-order valence-electron chi connectivity index (χ0n) is 14.6. The predicted octanol–water partition coefficient (Wildman–Crippen LogP) is 1.63. The number of aromatic nitrogens is 1. The molecule has 0 bridgehead atoms. The van der Waals surface area contributed by atoms with Crippen LogP contribution in [0.15, 0.2) is 4.52 Å². The minimum absolute atomic E-state index is 0. The maximum absolute atomic E-state index is 12.5. The van der Waals surface area contributed by atoms with Crippen LogP contribution in [0.1, 0.15) is 23.9 Å². The van der Waals surface area contributed by atoms with Crippen LogP contribution in [-0.4, -0.2) is 60.1 Å². The van der Waals surface area contributed by atoms with Gasteiger partial charge in [-0.2, -0.15) is 0 Å². The largest absolute Gasteiger partial charge is 0.361 e. The van der Waals surface area contributed by atoms with Crippen molar-refractivity contribution in [3.8, 4) is 0 Å². The average Bonchev–Trinajstić information content (AvgIpc) is 2.77. The summed E-state index contributed by atoms with van der Waals surface area (Å²) in [6.45, 7) is 12.4. The minimum Gasteiger partial charge on any atom is -0.361 e. The van der Waals surface area contributed by atoms with Gasteiger partial charge in [-0.25, -0.2) is 0 Å². The summed E-state index contributed by atoms with van der Waals surface area (Å²) in [5, 5.41) is 7.26. The van der Waals surface area contributed by atoms with Crippen LogP contribution in [0.2, 0.25) is 0 Å². The van der Waals surface area contributed by atoms with Crippen molar-refractivity contribution in [3.63, 3.8) is 0 Å². The molecule has 1 atom stereocenters. The van der Waals surface area contributed by atoms with Crippen LogP contribution in [0, 0.1) is 25.7 Å². The lowest BCUT2D eigenvalue weighted by atomic mass is 9.88. The van der Waals surface area contributed by atoms with E-state index in [9.17, 15) is 4.79 Å². The van der Waals surface area contributed by atoms with Crippen LogP contribution in [0.4, 0.5) is 0 Å². The number of carbonyl (C=O) groups is 1. The van der Waals surface area contributed by atoms with Gasteiger partial charge < -0.3 is 14.7 Å². The Balaban J connectivity index is 0.00000144. The topological polar surface area (TPSA) is 61.6 Å². The van der Waals surface area contributed by atoms with E-state index >= 15 is 0 Å². The van der Waals surface area contributed by atoms with E-state index in [0.717, 1.165) is 57.3 Å². The highest BCUT2D eigenvalue weighted by atomic mass is 35.5. The second kappa shape index (κ2) is 9.04. The van der Waals surface area contributed by atoms with Gasteiger partial charge in [0.05, 0.1) is 5.69 Å². The Morgan fingerprint density at radius 1 is 1.25 bits per heavy atom. The van der Waals surface area contributed by atoms with Crippen LogP contribution in [0.25, 0.3) is 0 Å². The first kappa shape index (κ1) is 21.2. The summed E-state index contributed by atoms with van der Waals surface area (Å²) in [5.74, 6) is 1.90. The summed E-state index contributed by atoms with van der Waals surface area (Å²) in [4.78, 5) is 16.9. The molecule has 1 aromatic rings. The van der Waals surface area contributed by atoms with Crippen molar-refractivity contribution in [2.24, 2.45) is 11.8 Å². The summed E-state index contributed by atoms with van der Waals surface area (Å²) in [5.41, 5.74) is 2.16. The van der Waals surface area contributed by atoms with Gasteiger partial charge in [-0.1, -0.05) is 12.1 Å². The van der Waals surface area contributed by atoms with Crippen molar-refractivity contribution >= 4 is 30.7 Å². The van der Waals surface area contributed by atoms with E-state index in [1.54, 1.807) is 0 Å². The minimum atomic E-state index is 0.